The molecule has 0 aliphatic carbocycles. The molecule has 1 aromatic heterocycles. The smallest absolute Gasteiger partial charge is 0.303 e. The van der Waals surface area contributed by atoms with E-state index in [1.807, 2.05) is 24.3 Å². The summed E-state index contributed by atoms with van der Waals surface area (Å²) in [6.45, 7) is 7.63. The molecule has 0 spiro atoms. The van der Waals surface area contributed by atoms with Gasteiger partial charge in [-0.1, -0.05) is 43.7 Å². The first-order valence-electron chi connectivity index (χ1n) is 12.6. The van der Waals surface area contributed by atoms with Gasteiger partial charge >= 0.3 is 17.9 Å². The fraction of sp³-hybridized carbons (Fsp3) is 0.577. The quantitative estimate of drug-likeness (QED) is 0.253. The summed E-state index contributed by atoms with van der Waals surface area (Å²) in [6.07, 6.45) is -0.144. The summed E-state index contributed by atoms with van der Waals surface area (Å²) in [7, 11) is 0. The van der Waals surface area contributed by atoms with Gasteiger partial charge in [0.15, 0.2) is 17.4 Å². The number of benzene rings is 1. The van der Waals surface area contributed by atoms with Crippen molar-refractivity contribution in [3.63, 3.8) is 0 Å². The van der Waals surface area contributed by atoms with E-state index in [2.05, 4.69) is 16.8 Å². The number of nitrogens with one attached hydrogen (secondary N) is 1. The minimum atomic E-state index is -1.13. The zero-order valence-electron chi connectivity index (χ0n) is 22.3. The molecule has 1 aliphatic rings. The number of aryl methyl sites for hydroxylation is 1. The third-order valence-corrected chi connectivity index (χ3v) is 7.06. The Morgan fingerprint density at radius 3 is 2.32 bits per heavy atom. The maximum atomic E-state index is 12.2. The second-order valence-electron chi connectivity index (χ2n) is 9.08. The van der Waals surface area contributed by atoms with E-state index in [4.69, 9.17) is 23.9 Å². The van der Waals surface area contributed by atoms with Gasteiger partial charge in [-0.2, -0.15) is 0 Å². The number of ether oxygens (including phenoxy) is 4. The second-order valence-corrected chi connectivity index (χ2v) is 10.1. The van der Waals surface area contributed by atoms with Crippen LogP contribution in [-0.2, 0) is 44.7 Å². The Morgan fingerprint density at radius 1 is 1.00 bits per heavy atom. The maximum absolute atomic E-state index is 12.2. The molecule has 208 valence electrons. The van der Waals surface area contributed by atoms with Crippen molar-refractivity contribution in [2.24, 2.45) is 0 Å². The molecule has 1 aliphatic heterocycles. The summed E-state index contributed by atoms with van der Waals surface area (Å²) in [5, 5.41) is 3.46. The molecule has 0 radical (unpaired) electrons. The van der Waals surface area contributed by atoms with Crippen LogP contribution in [0.5, 0.6) is 0 Å². The number of unbranched alkanes of at least 4 members (excludes halogenated alkanes) is 2. The van der Waals surface area contributed by atoms with Gasteiger partial charge in [-0.3, -0.25) is 19.2 Å². The van der Waals surface area contributed by atoms with Gasteiger partial charge < -0.3 is 28.8 Å². The molecule has 2 aromatic rings. The highest BCUT2D eigenvalue weighted by Gasteiger charge is 2.51. The monoisotopic (exact) mass is 549 g/mol. The Morgan fingerprint density at radius 2 is 1.68 bits per heavy atom. The van der Waals surface area contributed by atoms with E-state index < -0.39 is 53.6 Å². The molecule has 1 fully saturated rings. The first kappa shape index (κ1) is 29.4. The minimum Gasteiger partial charge on any atom is -0.463 e. The zero-order chi connectivity index (χ0) is 27.8. The van der Waals surface area contributed by atoms with Crippen LogP contribution in [0, 0.1) is 0 Å². The summed E-state index contributed by atoms with van der Waals surface area (Å²) in [5.41, 5.74) is 0.949. The largest absolute Gasteiger partial charge is 0.463 e. The highest BCUT2D eigenvalue weighted by molar-refractivity contribution is 7.99. The Labute approximate surface area is 225 Å². The predicted octanol–water partition coefficient (Wildman–Crippen LogP) is 2.97. The van der Waals surface area contributed by atoms with E-state index in [-0.39, 0.29) is 6.61 Å². The summed E-state index contributed by atoms with van der Waals surface area (Å²) in [5.74, 6) is -2.22. The molecule has 3 rings (SSSR count). The molecule has 5 atom stereocenters. The average molecular weight is 550 g/mol. The van der Waals surface area contributed by atoms with Crippen LogP contribution in [0.25, 0.3) is 11.0 Å². The standard InChI is InChI=1S/C26H35N3O8S/c1-6-7-10-13-29-20-12-9-8-11-19(20)28-26(29)38-25-22(27-15(2)30)24(36-18(5)33)23(35-17(4)32)21(37-25)14-34-16(3)31/h8-9,11-12,21-25H,6-7,10,13-14H2,1-5H3,(H,27,30)/t21-,22-,23-,24-,25+/m1/s1. The predicted molar refractivity (Wildman–Crippen MR) is 139 cm³/mol. The van der Waals surface area contributed by atoms with Crippen LogP contribution < -0.4 is 5.32 Å². The van der Waals surface area contributed by atoms with Gasteiger partial charge in [0.05, 0.1) is 11.0 Å². The van der Waals surface area contributed by atoms with Gasteiger partial charge in [0, 0.05) is 34.2 Å². The van der Waals surface area contributed by atoms with Gasteiger partial charge in [0.25, 0.3) is 0 Å². The topological polar surface area (TPSA) is 135 Å². The van der Waals surface area contributed by atoms with Crippen molar-refractivity contribution in [3.05, 3.63) is 24.3 Å². The zero-order valence-corrected chi connectivity index (χ0v) is 23.1. The summed E-state index contributed by atoms with van der Waals surface area (Å²) in [4.78, 5) is 52.7. The Kier molecular flexibility index (Phi) is 10.5. The van der Waals surface area contributed by atoms with E-state index in [9.17, 15) is 19.2 Å². The fourth-order valence-corrected chi connectivity index (χ4v) is 5.62. The van der Waals surface area contributed by atoms with Crippen LogP contribution in [-0.4, -0.2) is 69.8 Å². The average Bonchev–Trinajstić information content (AvgIpc) is 3.18. The second kappa shape index (κ2) is 13.6. The summed E-state index contributed by atoms with van der Waals surface area (Å²) < 4.78 is 24.7. The minimum absolute atomic E-state index is 0.248. The normalized spacial score (nSPS) is 23.0. The summed E-state index contributed by atoms with van der Waals surface area (Å²) >= 11 is 1.26. The van der Waals surface area contributed by atoms with Gasteiger partial charge in [0.2, 0.25) is 5.91 Å². The number of esters is 3. The number of rotatable bonds is 11. The Balaban J connectivity index is 2.04. The number of hydrogen-bond donors (Lipinski definition) is 1. The van der Waals surface area contributed by atoms with Crippen molar-refractivity contribution in [1.29, 1.82) is 0 Å². The fourth-order valence-electron chi connectivity index (χ4n) is 4.37. The Bertz CT molecular complexity index is 1150. The van der Waals surface area contributed by atoms with Crippen molar-refractivity contribution in [1.82, 2.24) is 14.9 Å². The van der Waals surface area contributed by atoms with Crippen LogP contribution in [0.2, 0.25) is 0 Å². The summed E-state index contributed by atoms with van der Waals surface area (Å²) in [6, 6.07) is 6.87. The highest BCUT2D eigenvalue weighted by atomic mass is 32.2. The van der Waals surface area contributed by atoms with Gasteiger partial charge in [-0.05, 0) is 18.6 Å². The number of imidazole rings is 1. The molecule has 1 aromatic carbocycles. The highest BCUT2D eigenvalue weighted by Crippen LogP contribution is 2.37. The lowest BCUT2D eigenvalue weighted by Crippen LogP contribution is -2.65. The van der Waals surface area contributed by atoms with Crippen LogP contribution >= 0.6 is 11.8 Å². The van der Waals surface area contributed by atoms with Crippen LogP contribution in [0.1, 0.15) is 53.9 Å². The molecule has 0 saturated carbocycles. The van der Waals surface area contributed by atoms with Crippen LogP contribution in [0.3, 0.4) is 0 Å². The molecule has 2 heterocycles. The van der Waals surface area contributed by atoms with Crippen LogP contribution in [0.15, 0.2) is 29.4 Å². The molecular formula is C26H35N3O8S. The first-order valence-corrected chi connectivity index (χ1v) is 13.5. The first-order chi connectivity index (χ1) is 18.1. The third-order valence-electron chi connectivity index (χ3n) is 5.90. The maximum Gasteiger partial charge on any atom is 0.303 e. The number of carbonyl (C=O) groups is 4. The van der Waals surface area contributed by atoms with Gasteiger partial charge in [-0.25, -0.2) is 4.98 Å². The van der Waals surface area contributed by atoms with E-state index in [0.717, 1.165) is 36.8 Å². The Hall–Kier alpha value is -3.12. The number of hydrogen-bond acceptors (Lipinski definition) is 10. The van der Waals surface area contributed by atoms with E-state index in [1.165, 1.54) is 39.5 Å². The number of amides is 1. The molecule has 0 bridgehead atoms. The molecule has 1 N–H and O–H groups in total. The molecule has 38 heavy (non-hydrogen) atoms. The molecule has 1 amide bonds. The number of fused-ring (bicyclic) bond motifs is 1. The van der Waals surface area contributed by atoms with Gasteiger partial charge in [-0.15, -0.1) is 0 Å². The van der Waals surface area contributed by atoms with Crippen molar-refractivity contribution < 1.29 is 38.1 Å². The van der Waals surface area contributed by atoms with E-state index in [0.29, 0.717) is 5.16 Å². The number of carbonyl (C=O) groups excluding carboxylic acids is 4. The van der Waals surface area contributed by atoms with Crippen LogP contribution in [0.4, 0.5) is 0 Å². The molecule has 12 heteroatoms. The van der Waals surface area contributed by atoms with Crippen molar-refractivity contribution in [3.8, 4) is 0 Å². The SMILES string of the molecule is CCCCCn1c(S[C@@H]2O[C@H](COC(C)=O)[C@@H](OC(C)=O)[C@H](OC(C)=O)[C@H]2NC(C)=O)nc2ccccc21. The lowest BCUT2D eigenvalue weighted by Gasteiger charge is -2.44. The number of aromatic nitrogens is 2. The molecule has 11 nitrogen and oxygen atoms in total. The number of thioether (sulfide) groups is 1. The lowest BCUT2D eigenvalue weighted by atomic mass is 9.97. The van der Waals surface area contributed by atoms with Crippen molar-refractivity contribution >= 4 is 46.6 Å². The lowest BCUT2D eigenvalue weighted by molar-refractivity contribution is -0.211. The molecule has 0 unspecified atom stereocenters. The van der Waals surface area contributed by atoms with E-state index >= 15 is 0 Å². The third kappa shape index (κ3) is 7.70. The van der Waals surface area contributed by atoms with E-state index in [1.54, 1.807) is 0 Å². The molecular weight excluding hydrogens is 514 g/mol. The van der Waals surface area contributed by atoms with Gasteiger partial charge in [0.1, 0.15) is 24.2 Å². The number of para-hydroxylation sites is 2. The molecule has 1 saturated heterocycles. The van der Waals surface area contributed by atoms with Crippen molar-refractivity contribution in [2.75, 3.05) is 6.61 Å². The van der Waals surface area contributed by atoms with Crippen molar-refractivity contribution in [2.45, 2.75) is 95.4 Å². The number of nitrogens with zero attached hydrogens (tertiary/aromatic N) is 2.